The first-order valence-corrected chi connectivity index (χ1v) is 8.30. The molecule has 2 aromatic rings. The highest BCUT2D eigenvalue weighted by Gasteiger charge is 2.45. The highest BCUT2D eigenvalue weighted by molar-refractivity contribution is 9.10. The quantitative estimate of drug-likeness (QED) is 0.775. The van der Waals surface area contributed by atoms with Crippen LogP contribution in [0.15, 0.2) is 22.7 Å². The van der Waals surface area contributed by atoms with Crippen molar-refractivity contribution in [3.8, 4) is 17.4 Å². The number of ketones is 1. The van der Waals surface area contributed by atoms with Crippen LogP contribution in [0, 0.1) is 0 Å². The molecule has 1 saturated carbocycles. The van der Waals surface area contributed by atoms with Crippen molar-refractivity contribution in [2.75, 3.05) is 0 Å². The molecule has 2 N–H and O–H groups in total. The molecule has 0 aliphatic heterocycles. The molecule has 0 amide bonds. The zero-order valence-corrected chi connectivity index (χ0v) is 13.9. The van der Waals surface area contributed by atoms with Crippen molar-refractivity contribution in [2.45, 2.75) is 31.1 Å². The van der Waals surface area contributed by atoms with Crippen LogP contribution < -0.4 is 0 Å². The molecule has 6 heteroatoms. The van der Waals surface area contributed by atoms with Crippen molar-refractivity contribution in [1.29, 1.82) is 0 Å². The predicted octanol–water partition coefficient (Wildman–Crippen LogP) is 4.24. The van der Waals surface area contributed by atoms with E-state index in [1.54, 1.807) is 18.2 Å². The van der Waals surface area contributed by atoms with Gasteiger partial charge in [-0.1, -0.05) is 11.6 Å². The summed E-state index contributed by atoms with van der Waals surface area (Å²) in [5.41, 5.74) is 1.90. The van der Waals surface area contributed by atoms with E-state index in [1.165, 1.54) is 4.57 Å². The lowest BCUT2D eigenvalue weighted by molar-refractivity contribution is -0.123. The van der Waals surface area contributed by atoms with Crippen molar-refractivity contribution in [3.05, 3.63) is 38.8 Å². The summed E-state index contributed by atoms with van der Waals surface area (Å²) in [4.78, 5) is 12.1. The fraction of sp³-hybridized carbons (Fsp3) is 0.312. The molecule has 0 unspecified atom stereocenters. The van der Waals surface area contributed by atoms with Gasteiger partial charge in [-0.3, -0.25) is 9.36 Å². The first-order valence-electron chi connectivity index (χ1n) is 7.13. The third-order valence-electron chi connectivity index (χ3n) is 4.75. The van der Waals surface area contributed by atoms with E-state index >= 15 is 0 Å². The van der Waals surface area contributed by atoms with E-state index in [9.17, 15) is 15.0 Å². The van der Waals surface area contributed by atoms with Gasteiger partial charge >= 0.3 is 0 Å². The first kappa shape index (κ1) is 14.2. The molecule has 1 heterocycles. The second-order valence-corrected chi connectivity index (χ2v) is 7.17. The topological polar surface area (TPSA) is 62.5 Å². The van der Waals surface area contributed by atoms with E-state index in [4.69, 9.17) is 11.6 Å². The molecule has 3 aliphatic carbocycles. The van der Waals surface area contributed by atoms with Gasteiger partial charge in [0.25, 0.3) is 0 Å². The average Bonchev–Trinajstić information content (AvgIpc) is 2.76. The van der Waals surface area contributed by atoms with Gasteiger partial charge < -0.3 is 10.2 Å². The molecule has 5 rings (SSSR count). The number of aromatic nitrogens is 1. The smallest absolute Gasteiger partial charge is 0.202 e. The van der Waals surface area contributed by atoms with Gasteiger partial charge in [0.05, 0.1) is 10.7 Å². The Labute approximate surface area is 140 Å². The van der Waals surface area contributed by atoms with E-state index in [0.29, 0.717) is 22.7 Å². The molecule has 0 radical (unpaired) electrons. The van der Waals surface area contributed by atoms with Crippen molar-refractivity contribution < 1.29 is 15.0 Å². The van der Waals surface area contributed by atoms with Gasteiger partial charge in [-0.25, -0.2) is 0 Å². The third-order valence-corrected chi connectivity index (χ3v) is 5.99. The molecular formula is C16H13BrClNO3. The van der Waals surface area contributed by atoms with Gasteiger partial charge in [-0.15, -0.1) is 0 Å². The third kappa shape index (κ3) is 1.78. The number of rotatable bonds is 1. The van der Waals surface area contributed by atoms with E-state index in [1.807, 2.05) is 0 Å². The van der Waals surface area contributed by atoms with E-state index in [0.717, 1.165) is 22.9 Å². The van der Waals surface area contributed by atoms with Crippen LogP contribution in [0.1, 0.15) is 42.2 Å². The number of Topliss-reactive ketones (excluding diaryl/α,β-unsaturated/α-hetero) is 1. The summed E-state index contributed by atoms with van der Waals surface area (Å²) in [7, 11) is 0. The van der Waals surface area contributed by atoms with Gasteiger partial charge in [0.15, 0.2) is 0 Å². The highest BCUT2D eigenvalue weighted by Crippen LogP contribution is 2.55. The largest absolute Gasteiger partial charge is 0.494 e. The number of hydrogen-bond donors (Lipinski definition) is 2. The molecule has 1 fully saturated rings. The van der Waals surface area contributed by atoms with Crippen LogP contribution in [0.4, 0.5) is 0 Å². The molecule has 3 aliphatic rings. The summed E-state index contributed by atoms with van der Waals surface area (Å²) in [5.74, 6) is -0.157. The number of benzene rings is 1. The number of fused-ring (bicyclic) bond motifs is 2. The van der Waals surface area contributed by atoms with Crippen LogP contribution in [0.3, 0.4) is 0 Å². The van der Waals surface area contributed by atoms with Crippen LogP contribution in [0.25, 0.3) is 5.69 Å². The Morgan fingerprint density at radius 1 is 1.18 bits per heavy atom. The normalized spacial score (nSPS) is 22.9. The Morgan fingerprint density at radius 3 is 2.59 bits per heavy atom. The summed E-state index contributed by atoms with van der Waals surface area (Å²) in [6, 6.07) is 5.18. The standard InChI is InChI=1S/C16H13BrClNO3/c17-10-4-2-8(6-11(10)18)19-15(21)13-7-1-3-9(12(20)5-7)14(13)16(19)22/h2,4,6-7,9,21-22H,1,3,5H2/t7-,9+/m0/s1. The summed E-state index contributed by atoms with van der Waals surface area (Å²) in [6.45, 7) is 0. The Hall–Kier alpha value is -1.46. The summed E-state index contributed by atoms with van der Waals surface area (Å²) < 4.78 is 2.12. The molecule has 114 valence electrons. The van der Waals surface area contributed by atoms with Gasteiger partial charge in [0.1, 0.15) is 5.78 Å². The Bertz CT molecular complexity index is 814. The Morgan fingerprint density at radius 2 is 1.91 bits per heavy atom. The maximum absolute atomic E-state index is 12.1. The molecule has 2 atom stereocenters. The van der Waals surface area contributed by atoms with Crippen molar-refractivity contribution >= 4 is 33.3 Å². The van der Waals surface area contributed by atoms with E-state index in [-0.39, 0.29) is 29.4 Å². The van der Waals surface area contributed by atoms with Gasteiger partial charge in [0.2, 0.25) is 11.8 Å². The fourth-order valence-corrected chi connectivity index (χ4v) is 4.19. The lowest BCUT2D eigenvalue weighted by atomic mass is 9.67. The minimum Gasteiger partial charge on any atom is -0.494 e. The Balaban J connectivity index is 1.96. The lowest BCUT2D eigenvalue weighted by Gasteiger charge is -2.34. The molecule has 1 aromatic carbocycles. The van der Waals surface area contributed by atoms with Crippen molar-refractivity contribution in [1.82, 2.24) is 4.57 Å². The second kappa shape index (κ2) is 4.77. The molecule has 1 aromatic heterocycles. The predicted molar refractivity (Wildman–Crippen MR) is 86.1 cm³/mol. The van der Waals surface area contributed by atoms with Crippen LogP contribution >= 0.6 is 27.5 Å². The summed E-state index contributed by atoms with van der Waals surface area (Å²) in [6.07, 6.45) is 2.08. The van der Waals surface area contributed by atoms with Crippen LogP contribution in [-0.4, -0.2) is 20.6 Å². The number of carbonyl (C=O) groups excluding carboxylic acids is 1. The van der Waals surface area contributed by atoms with Gasteiger partial charge in [0, 0.05) is 27.9 Å². The number of halogens is 2. The molecule has 2 bridgehead atoms. The lowest BCUT2D eigenvalue weighted by Crippen LogP contribution is -2.28. The fourth-order valence-electron chi connectivity index (χ4n) is 3.76. The minimum absolute atomic E-state index is 0.00516. The SMILES string of the molecule is O=C1C[C@@H]2CC[C@H]1c1c2c(O)n(-c2ccc(Br)c(Cl)c2)c1O. The first-order chi connectivity index (χ1) is 10.5. The molecule has 0 spiro atoms. The highest BCUT2D eigenvalue weighted by atomic mass is 79.9. The van der Waals surface area contributed by atoms with Gasteiger partial charge in [-0.2, -0.15) is 0 Å². The number of nitrogens with zero attached hydrogens (tertiary/aromatic N) is 1. The van der Waals surface area contributed by atoms with Crippen LogP contribution in [-0.2, 0) is 4.79 Å². The van der Waals surface area contributed by atoms with E-state index < -0.39 is 0 Å². The molecule has 4 nitrogen and oxygen atoms in total. The second-order valence-electron chi connectivity index (χ2n) is 5.91. The maximum atomic E-state index is 12.1. The number of carbonyl (C=O) groups is 1. The zero-order valence-electron chi connectivity index (χ0n) is 11.5. The van der Waals surface area contributed by atoms with Crippen molar-refractivity contribution in [3.63, 3.8) is 0 Å². The van der Waals surface area contributed by atoms with Crippen molar-refractivity contribution in [2.24, 2.45) is 0 Å². The maximum Gasteiger partial charge on any atom is 0.202 e. The van der Waals surface area contributed by atoms with E-state index in [2.05, 4.69) is 15.9 Å². The van der Waals surface area contributed by atoms with Gasteiger partial charge in [-0.05, 0) is 52.9 Å². The summed E-state index contributed by atoms with van der Waals surface area (Å²) >= 11 is 9.43. The summed E-state index contributed by atoms with van der Waals surface area (Å²) in [5, 5.41) is 21.7. The van der Waals surface area contributed by atoms with Crippen LogP contribution in [0.5, 0.6) is 11.8 Å². The monoisotopic (exact) mass is 381 g/mol. The molecular weight excluding hydrogens is 370 g/mol. The zero-order chi connectivity index (χ0) is 15.6. The Kier molecular flexibility index (Phi) is 3.07. The number of aromatic hydroxyl groups is 2. The average molecular weight is 383 g/mol. The molecule has 22 heavy (non-hydrogen) atoms. The number of hydrogen-bond acceptors (Lipinski definition) is 3. The minimum atomic E-state index is -0.293. The molecule has 0 saturated heterocycles. The van der Waals surface area contributed by atoms with Crippen LogP contribution in [0.2, 0.25) is 5.02 Å².